The van der Waals surface area contributed by atoms with Crippen molar-refractivity contribution in [1.82, 2.24) is 15.2 Å². The number of amides is 1. The third-order valence-corrected chi connectivity index (χ3v) is 14.2. The SMILES string of the molecule is CC(=O)O[C@@]12CC[C@@H]1CC[C@@]1(C)[C@@H]3O[C@H](CN(C)C)O[C@@H]3C3=C(C)[C@@H](OC(=O)[C@H](O)[C@@H](NC(=O)OC(C)(C)C)c4ncccc4F)C[C@@](O)([C@@H](OC(=O)c4ccccc4)[C@@H]12)C3(C)C. The molecule has 2 heterocycles. The maximum atomic E-state index is 15.3. The lowest BCUT2D eigenvalue weighted by Crippen LogP contribution is -2.76. The molecule has 4 fully saturated rings. The van der Waals surface area contributed by atoms with Crippen LogP contribution in [0, 0.1) is 28.5 Å². The number of likely N-dealkylation sites (N-methyl/N-ethyl adjacent to an activating group) is 1. The number of aliphatic hydroxyl groups is 2. The molecule has 0 spiro atoms. The zero-order valence-corrected chi connectivity index (χ0v) is 37.8. The molecule has 16 heteroatoms. The molecular formula is C47H62FN3O12. The average molecular weight is 880 g/mol. The highest BCUT2D eigenvalue weighted by Crippen LogP contribution is 2.69. The molecule has 7 rings (SSSR count). The van der Waals surface area contributed by atoms with E-state index < -0.39 is 112 Å². The van der Waals surface area contributed by atoms with E-state index in [4.69, 9.17) is 28.4 Å². The van der Waals surface area contributed by atoms with E-state index in [1.54, 1.807) is 58.0 Å². The maximum absolute atomic E-state index is 15.3. The first kappa shape index (κ1) is 46.5. The Morgan fingerprint density at radius 2 is 1.70 bits per heavy atom. The van der Waals surface area contributed by atoms with Crippen molar-refractivity contribution in [3.05, 3.63) is 76.9 Å². The highest BCUT2D eigenvalue weighted by Gasteiger charge is 2.76. The molecular weight excluding hydrogens is 818 g/mol. The van der Waals surface area contributed by atoms with Crippen LogP contribution in [0.4, 0.5) is 9.18 Å². The first-order chi connectivity index (χ1) is 29.4. The van der Waals surface area contributed by atoms with E-state index >= 15 is 4.39 Å². The number of alkyl carbamates (subject to hydrolysis) is 1. The predicted octanol–water partition coefficient (Wildman–Crippen LogP) is 5.58. The van der Waals surface area contributed by atoms with Gasteiger partial charge in [-0.15, -0.1) is 0 Å². The molecule has 4 aliphatic carbocycles. The molecule has 5 aliphatic rings. The lowest BCUT2D eigenvalue weighted by atomic mass is 9.41. The fraction of sp³-hybridized carbons (Fsp3) is 0.638. The van der Waals surface area contributed by atoms with Crippen molar-refractivity contribution >= 4 is 24.0 Å². The van der Waals surface area contributed by atoms with Crippen LogP contribution >= 0.6 is 0 Å². The summed E-state index contributed by atoms with van der Waals surface area (Å²) in [4.78, 5) is 61.0. The highest BCUT2D eigenvalue weighted by molar-refractivity contribution is 5.89. The first-order valence-corrected chi connectivity index (χ1v) is 21.8. The summed E-state index contributed by atoms with van der Waals surface area (Å²) in [7, 11) is 3.78. The summed E-state index contributed by atoms with van der Waals surface area (Å²) in [6.07, 6.45) is -4.98. The van der Waals surface area contributed by atoms with Crippen molar-refractivity contribution in [1.29, 1.82) is 0 Å². The van der Waals surface area contributed by atoms with Crippen molar-refractivity contribution in [2.75, 3.05) is 20.6 Å². The number of ether oxygens (including phenoxy) is 6. The Hall–Kier alpha value is -4.48. The van der Waals surface area contributed by atoms with Gasteiger partial charge in [0.15, 0.2) is 12.4 Å². The van der Waals surface area contributed by atoms with Crippen LogP contribution in [0.1, 0.15) is 110 Å². The normalized spacial score (nSPS) is 34.1. The standard InChI is InChI=1S/C47H62FN3O12/c1-25-30(58-41(55)35(53)34(33-29(48)17-14-22-49-33)50-42(56)63-43(3,4)5)23-47(57)39(61-40(54)27-15-12-11-13-16-27)37-45(8,20-18-28-19-21-46(28,37)62-26(2)52)38-36(32(25)44(47,6)7)59-31(60-38)24-51(9)10/h11-17,22,28,30-31,34-39,53,57H,18-21,23-24H2,1-10H3,(H,50,56)/t28-,30-,31+,34-,35+,36+,37-,38+,39-,45+,46-,47+/m0/s1. The Morgan fingerprint density at radius 1 is 1.02 bits per heavy atom. The van der Waals surface area contributed by atoms with Gasteiger partial charge in [-0.05, 0) is 109 Å². The van der Waals surface area contributed by atoms with Crippen molar-refractivity contribution in [2.24, 2.45) is 22.7 Å². The molecule has 3 N–H and O–H groups in total. The summed E-state index contributed by atoms with van der Waals surface area (Å²) < 4.78 is 53.9. The minimum atomic E-state index is -2.23. The van der Waals surface area contributed by atoms with Gasteiger partial charge in [-0.25, -0.2) is 18.8 Å². The van der Waals surface area contributed by atoms with Crippen molar-refractivity contribution in [3.8, 4) is 0 Å². The van der Waals surface area contributed by atoms with Crippen LogP contribution in [-0.4, -0.2) is 118 Å². The largest absolute Gasteiger partial charge is 0.458 e. The highest BCUT2D eigenvalue weighted by atomic mass is 19.1. The summed E-state index contributed by atoms with van der Waals surface area (Å²) in [5.74, 6) is -4.40. The van der Waals surface area contributed by atoms with Gasteiger partial charge in [-0.2, -0.15) is 0 Å². The number of carbonyl (C=O) groups is 4. The Bertz CT molecular complexity index is 2130. The monoisotopic (exact) mass is 879 g/mol. The molecule has 344 valence electrons. The quantitative estimate of drug-likeness (QED) is 0.152. The molecule has 2 aromatic rings. The van der Waals surface area contributed by atoms with E-state index in [1.165, 1.54) is 19.2 Å². The van der Waals surface area contributed by atoms with E-state index in [0.717, 1.165) is 12.5 Å². The number of nitrogens with zero attached hydrogens (tertiary/aromatic N) is 2. The number of hydrogen-bond acceptors (Lipinski definition) is 14. The van der Waals surface area contributed by atoms with Crippen molar-refractivity contribution < 1.29 is 62.2 Å². The number of nitrogens with one attached hydrogen (secondary N) is 1. The van der Waals surface area contributed by atoms with Gasteiger partial charge in [0.1, 0.15) is 52.7 Å². The van der Waals surface area contributed by atoms with E-state index in [-0.39, 0.29) is 17.9 Å². The number of pyridine rings is 1. The topological polar surface area (TPSA) is 192 Å². The average Bonchev–Trinajstić information content (AvgIpc) is 3.59. The van der Waals surface area contributed by atoms with Crippen molar-refractivity contribution in [2.45, 2.75) is 147 Å². The zero-order valence-electron chi connectivity index (χ0n) is 37.8. The summed E-state index contributed by atoms with van der Waals surface area (Å²) in [6, 6.07) is 9.01. The van der Waals surface area contributed by atoms with Crippen LogP contribution in [0.2, 0.25) is 0 Å². The molecule has 2 bridgehead atoms. The second-order valence-corrected chi connectivity index (χ2v) is 20.0. The number of halogens is 1. The molecule has 1 amide bonds. The second kappa shape index (κ2) is 16.8. The molecule has 0 unspecified atom stereocenters. The van der Waals surface area contributed by atoms with E-state index in [9.17, 15) is 29.4 Å². The molecule has 3 saturated carbocycles. The Morgan fingerprint density at radius 3 is 2.30 bits per heavy atom. The van der Waals surface area contributed by atoms with E-state index in [2.05, 4.69) is 10.3 Å². The van der Waals surface area contributed by atoms with Gasteiger partial charge >= 0.3 is 24.0 Å². The molecule has 12 atom stereocenters. The van der Waals surface area contributed by atoms with Gasteiger partial charge in [0.05, 0.1) is 11.7 Å². The number of rotatable bonds is 10. The summed E-state index contributed by atoms with van der Waals surface area (Å²) in [5, 5.41) is 28.0. The Kier molecular flexibility index (Phi) is 12.4. The van der Waals surface area contributed by atoms with Crippen LogP contribution in [0.5, 0.6) is 0 Å². The number of esters is 3. The van der Waals surface area contributed by atoms with Crippen LogP contribution in [-0.2, 0) is 38.0 Å². The third-order valence-electron chi connectivity index (χ3n) is 14.2. The summed E-state index contributed by atoms with van der Waals surface area (Å²) in [5.41, 5.74) is -5.63. The third kappa shape index (κ3) is 8.26. The van der Waals surface area contributed by atoms with Crippen LogP contribution < -0.4 is 5.32 Å². The number of aromatic nitrogens is 1. The lowest BCUT2D eigenvalue weighted by molar-refractivity contribution is -0.298. The number of benzene rings is 1. The smallest absolute Gasteiger partial charge is 0.408 e. The van der Waals surface area contributed by atoms with E-state index in [1.807, 2.05) is 39.8 Å². The van der Waals surface area contributed by atoms with Gasteiger partial charge in [-0.1, -0.05) is 39.0 Å². The summed E-state index contributed by atoms with van der Waals surface area (Å²) in [6.45, 7) is 14.0. The van der Waals surface area contributed by atoms with Gasteiger partial charge < -0.3 is 48.9 Å². The van der Waals surface area contributed by atoms with Crippen LogP contribution in [0.3, 0.4) is 0 Å². The number of fused-ring (bicyclic) bond motifs is 8. The molecule has 1 aliphatic heterocycles. The van der Waals surface area contributed by atoms with Gasteiger partial charge in [0, 0.05) is 42.8 Å². The Labute approximate surface area is 368 Å². The van der Waals surface area contributed by atoms with Crippen LogP contribution in [0.25, 0.3) is 0 Å². The molecule has 15 nitrogen and oxygen atoms in total. The maximum Gasteiger partial charge on any atom is 0.408 e. The molecule has 1 aromatic heterocycles. The predicted molar refractivity (Wildman–Crippen MR) is 224 cm³/mol. The van der Waals surface area contributed by atoms with Gasteiger partial charge in [0.2, 0.25) is 0 Å². The van der Waals surface area contributed by atoms with Crippen LogP contribution in [0.15, 0.2) is 59.8 Å². The second-order valence-electron chi connectivity index (χ2n) is 20.0. The minimum Gasteiger partial charge on any atom is -0.458 e. The molecule has 63 heavy (non-hydrogen) atoms. The summed E-state index contributed by atoms with van der Waals surface area (Å²) >= 11 is 0. The fourth-order valence-corrected chi connectivity index (χ4v) is 11.3. The number of aliphatic hydroxyl groups excluding tert-OH is 1. The minimum absolute atomic E-state index is 0.118. The number of carbonyl (C=O) groups excluding carboxylic acids is 4. The van der Waals surface area contributed by atoms with E-state index in [0.29, 0.717) is 37.0 Å². The van der Waals surface area contributed by atoms with Gasteiger partial charge in [0.25, 0.3) is 0 Å². The lowest BCUT2D eigenvalue weighted by Gasteiger charge is -2.68. The zero-order chi connectivity index (χ0) is 46.0. The number of hydrogen-bond donors (Lipinski definition) is 3. The first-order valence-electron chi connectivity index (χ1n) is 21.8. The molecule has 1 aromatic carbocycles. The van der Waals surface area contributed by atoms with Gasteiger partial charge in [-0.3, -0.25) is 9.78 Å². The molecule has 0 radical (unpaired) electrons. The fourth-order valence-electron chi connectivity index (χ4n) is 11.3. The van der Waals surface area contributed by atoms with Crippen molar-refractivity contribution in [3.63, 3.8) is 0 Å². The molecule has 1 saturated heterocycles. The Balaban J connectivity index is 1.38.